The van der Waals surface area contributed by atoms with Crippen LogP contribution in [0.1, 0.15) is 22.8 Å². The highest BCUT2D eigenvalue weighted by Gasteiger charge is 1.96. The van der Waals surface area contributed by atoms with Crippen molar-refractivity contribution in [1.29, 1.82) is 0 Å². The molecule has 0 radical (unpaired) electrons. The summed E-state index contributed by atoms with van der Waals surface area (Å²) in [5, 5.41) is 10.8. The van der Waals surface area contributed by atoms with Crippen molar-refractivity contribution in [2.45, 2.75) is 13.5 Å². The van der Waals surface area contributed by atoms with Gasteiger partial charge in [-0.3, -0.25) is 4.79 Å². The largest absolute Gasteiger partial charge is 0.295 e. The third-order valence-corrected chi connectivity index (χ3v) is 2.31. The number of allylic oxidation sites excluding steroid dienone is 1. The number of tetrazole rings is 1. The van der Waals surface area contributed by atoms with Crippen LogP contribution in [0, 0.1) is 0 Å². The zero-order chi connectivity index (χ0) is 12.1. The van der Waals surface area contributed by atoms with E-state index in [9.17, 15) is 4.79 Å². The van der Waals surface area contributed by atoms with Gasteiger partial charge in [0, 0.05) is 5.56 Å². The van der Waals surface area contributed by atoms with Gasteiger partial charge < -0.3 is 0 Å². The maximum atomic E-state index is 11.1. The van der Waals surface area contributed by atoms with Crippen molar-refractivity contribution in [1.82, 2.24) is 20.2 Å². The van der Waals surface area contributed by atoms with Crippen LogP contribution in [0.5, 0.6) is 0 Å². The molecule has 1 heterocycles. The highest BCUT2D eigenvalue weighted by atomic mass is 16.1. The topological polar surface area (TPSA) is 60.7 Å². The maximum absolute atomic E-state index is 11.1. The zero-order valence-electron chi connectivity index (χ0n) is 9.45. The normalized spacial score (nSPS) is 10.9. The molecule has 1 aromatic heterocycles. The summed E-state index contributed by atoms with van der Waals surface area (Å²) in [7, 11) is 0. The standard InChI is InChI=1S/C12H12N4O/c1-10(17)12-6-4-11(5-7-12)3-2-8-16-9-13-14-15-16/h2-7,9H,8H2,1H3/b3-2+. The van der Waals surface area contributed by atoms with Crippen molar-refractivity contribution >= 4 is 11.9 Å². The van der Waals surface area contributed by atoms with E-state index in [2.05, 4.69) is 15.5 Å². The summed E-state index contributed by atoms with van der Waals surface area (Å²) in [5.41, 5.74) is 1.77. The molecular formula is C12H12N4O. The molecule has 0 spiro atoms. The number of rotatable bonds is 4. The number of nitrogens with zero attached hydrogens (tertiary/aromatic N) is 4. The molecule has 0 saturated carbocycles. The third-order valence-electron chi connectivity index (χ3n) is 2.31. The van der Waals surface area contributed by atoms with Crippen LogP contribution in [0.2, 0.25) is 0 Å². The van der Waals surface area contributed by atoms with E-state index in [1.165, 1.54) is 0 Å². The SMILES string of the molecule is CC(=O)c1ccc(/C=C/Cn2cnnn2)cc1. The summed E-state index contributed by atoms with van der Waals surface area (Å²) in [4.78, 5) is 11.1. The lowest BCUT2D eigenvalue weighted by Crippen LogP contribution is -1.95. The van der Waals surface area contributed by atoms with Gasteiger partial charge in [0.05, 0.1) is 6.54 Å². The highest BCUT2D eigenvalue weighted by Crippen LogP contribution is 2.06. The van der Waals surface area contributed by atoms with Crippen LogP contribution < -0.4 is 0 Å². The van der Waals surface area contributed by atoms with Gasteiger partial charge in [0.25, 0.3) is 0 Å². The Hall–Kier alpha value is -2.30. The Bertz CT molecular complexity index is 514. The first-order valence-electron chi connectivity index (χ1n) is 5.24. The summed E-state index contributed by atoms with van der Waals surface area (Å²) >= 11 is 0. The Morgan fingerprint density at radius 2 is 2.12 bits per heavy atom. The lowest BCUT2D eigenvalue weighted by Gasteiger charge is -1.97. The first-order chi connectivity index (χ1) is 8.25. The second-order valence-electron chi connectivity index (χ2n) is 3.61. The molecule has 0 atom stereocenters. The average molecular weight is 228 g/mol. The number of hydrogen-bond donors (Lipinski definition) is 0. The molecule has 17 heavy (non-hydrogen) atoms. The van der Waals surface area contributed by atoms with Crippen molar-refractivity contribution < 1.29 is 4.79 Å². The van der Waals surface area contributed by atoms with Gasteiger partial charge in [0.15, 0.2) is 5.78 Å². The molecule has 0 bridgehead atoms. The summed E-state index contributed by atoms with van der Waals surface area (Å²) in [6, 6.07) is 7.46. The van der Waals surface area contributed by atoms with Gasteiger partial charge >= 0.3 is 0 Å². The second-order valence-corrected chi connectivity index (χ2v) is 3.61. The number of hydrogen-bond acceptors (Lipinski definition) is 4. The second kappa shape index (κ2) is 5.16. The monoisotopic (exact) mass is 228 g/mol. The number of carbonyl (C=O) groups is 1. The molecule has 0 saturated heterocycles. The molecule has 0 aliphatic heterocycles. The molecule has 0 N–H and O–H groups in total. The number of carbonyl (C=O) groups excluding carboxylic acids is 1. The Balaban J connectivity index is 1.99. The Morgan fingerprint density at radius 1 is 1.35 bits per heavy atom. The minimum Gasteiger partial charge on any atom is -0.295 e. The minimum absolute atomic E-state index is 0.0780. The van der Waals surface area contributed by atoms with Crippen molar-refractivity contribution in [3.8, 4) is 0 Å². The van der Waals surface area contributed by atoms with Crippen LogP contribution in [0.15, 0.2) is 36.7 Å². The molecule has 0 fully saturated rings. The molecule has 0 amide bonds. The van der Waals surface area contributed by atoms with E-state index in [0.717, 1.165) is 11.1 Å². The number of aromatic nitrogens is 4. The van der Waals surface area contributed by atoms with E-state index in [4.69, 9.17) is 0 Å². The van der Waals surface area contributed by atoms with Crippen LogP contribution in [0.25, 0.3) is 6.08 Å². The third kappa shape index (κ3) is 3.07. The van der Waals surface area contributed by atoms with E-state index >= 15 is 0 Å². The molecule has 1 aromatic carbocycles. The lowest BCUT2D eigenvalue weighted by molar-refractivity contribution is 0.101. The van der Waals surface area contributed by atoms with Gasteiger partial charge in [-0.2, -0.15) is 0 Å². The summed E-state index contributed by atoms with van der Waals surface area (Å²) < 4.78 is 1.63. The van der Waals surface area contributed by atoms with Crippen LogP contribution in [0.4, 0.5) is 0 Å². The van der Waals surface area contributed by atoms with Crippen molar-refractivity contribution in [3.05, 3.63) is 47.8 Å². The molecule has 0 unspecified atom stereocenters. The predicted molar refractivity (Wildman–Crippen MR) is 63.3 cm³/mol. The van der Waals surface area contributed by atoms with E-state index in [-0.39, 0.29) is 5.78 Å². The van der Waals surface area contributed by atoms with Crippen molar-refractivity contribution in [2.24, 2.45) is 0 Å². The molecule has 86 valence electrons. The molecule has 0 aliphatic rings. The van der Waals surface area contributed by atoms with Gasteiger partial charge in [-0.1, -0.05) is 36.4 Å². The highest BCUT2D eigenvalue weighted by molar-refractivity contribution is 5.94. The van der Waals surface area contributed by atoms with Crippen LogP contribution in [-0.2, 0) is 6.54 Å². The van der Waals surface area contributed by atoms with Crippen LogP contribution in [0.3, 0.4) is 0 Å². The fraction of sp³-hybridized carbons (Fsp3) is 0.167. The lowest BCUT2D eigenvalue weighted by atomic mass is 10.1. The quantitative estimate of drug-likeness (QED) is 0.745. The first-order valence-corrected chi connectivity index (χ1v) is 5.24. The zero-order valence-corrected chi connectivity index (χ0v) is 9.45. The summed E-state index contributed by atoms with van der Waals surface area (Å²) in [6.07, 6.45) is 5.48. The van der Waals surface area contributed by atoms with Crippen LogP contribution >= 0.6 is 0 Å². The minimum atomic E-state index is 0.0780. The Kier molecular flexibility index (Phi) is 3.40. The van der Waals surface area contributed by atoms with E-state index in [1.807, 2.05) is 36.4 Å². The average Bonchev–Trinajstić information content (AvgIpc) is 2.83. The fourth-order valence-electron chi connectivity index (χ4n) is 1.39. The Morgan fingerprint density at radius 3 is 2.71 bits per heavy atom. The molecule has 0 aliphatic carbocycles. The van der Waals surface area contributed by atoms with Crippen LogP contribution in [-0.4, -0.2) is 26.0 Å². The van der Waals surface area contributed by atoms with Crippen molar-refractivity contribution in [3.63, 3.8) is 0 Å². The van der Waals surface area contributed by atoms with Crippen molar-refractivity contribution in [2.75, 3.05) is 0 Å². The first kappa shape index (κ1) is 11.2. The maximum Gasteiger partial charge on any atom is 0.159 e. The molecule has 5 heteroatoms. The van der Waals surface area contributed by atoms with Gasteiger partial charge in [-0.05, 0) is 22.9 Å². The van der Waals surface area contributed by atoms with E-state index in [1.54, 1.807) is 17.9 Å². The predicted octanol–water partition coefficient (Wildman–Crippen LogP) is 1.59. The summed E-state index contributed by atoms with van der Waals surface area (Å²) in [5.74, 6) is 0.0780. The van der Waals surface area contributed by atoms with Gasteiger partial charge in [0.1, 0.15) is 6.33 Å². The number of Topliss-reactive ketones (excluding diaryl/α,β-unsaturated/α-hetero) is 1. The van der Waals surface area contributed by atoms with Gasteiger partial charge in [-0.15, -0.1) is 5.10 Å². The van der Waals surface area contributed by atoms with Gasteiger partial charge in [-0.25, -0.2) is 4.68 Å². The Labute approximate surface area is 98.8 Å². The van der Waals surface area contributed by atoms with E-state index in [0.29, 0.717) is 6.54 Å². The molecule has 2 rings (SSSR count). The molecule has 2 aromatic rings. The van der Waals surface area contributed by atoms with Gasteiger partial charge in [0.2, 0.25) is 0 Å². The molecule has 5 nitrogen and oxygen atoms in total. The molecular weight excluding hydrogens is 216 g/mol. The number of benzene rings is 1. The smallest absolute Gasteiger partial charge is 0.159 e. The summed E-state index contributed by atoms with van der Waals surface area (Å²) in [6.45, 7) is 2.18. The fourth-order valence-corrected chi connectivity index (χ4v) is 1.39. The van der Waals surface area contributed by atoms with E-state index < -0.39 is 0 Å². The number of ketones is 1.